The maximum Gasteiger partial charge on any atom is 0.174 e. The first-order valence-corrected chi connectivity index (χ1v) is 11.8. The van der Waals surface area contributed by atoms with Gasteiger partial charge in [0.2, 0.25) is 0 Å². The number of piperazine rings is 1. The normalized spacial score (nSPS) is 16.8. The molecule has 0 N–H and O–H groups in total. The van der Waals surface area contributed by atoms with Crippen LogP contribution in [0.5, 0.6) is 0 Å². The Morgan fingerprint density at radius 1 is 0.906 bits per heavy atom. The Balaban J connectivity index is 1.44. The zero-order valence-corrected chi connectivity index (χ0v) is 19.2. The Morgan fingerprint density at radius 3 is 2.38 bits per heavy atom. The van der Waals surface area contributed by atoms with Gasteiger partial charge in [-0.3, -0.25) is 4.90 Å². The van der Waals surface area contributed by atoms with Gasteiger partial charge in [0.05, 0.1) is 6.04 Å². The van der Waals surface area contributed by atoms with Crippen molar-refractivity contribution in [1.82, 2.24) is 30.1 Å². The molecular formula is C24H27N7S. The van der Waals surface area contributed by atoms with E-state index in [9.17, 15) is 0 Å². The van der Waals surface area contributed by atoms with Gasteiger partial charge in [0.15, 0.2) is 5.82 Å². The van der Waals surface area contributed by atoms with E-state index in [4.69, 9.17) is 0 Å². The third kappa shape index (κ3) is 4.16. The molecule has 7 nitrogen and oxygen atoms in total. The second-order valence-electron chi connectivity index (χ2n) is 8.13. The van der Waals surface area contributed by atoms with Crippen molar-refractivity contribution in [3.05, 3.63) is 88.0 Å². The van der Waals surface area contributed by atoms with Gasteiger partial charge in [0.1, 0.15) is 11.9 Å². The third-order valence-electron chi connectivity index (χ3n) is 6.09. The molecule has 1 unspecified atom stereocenters. The SMILES string of the molecule is Cc1ccc(C(c2nnnn2[C@@H](C)c2ccccc2)N2CCN(c3ccccn3)CC2)s1. The fraction of sp³-hybridized carbons (Fsp3) is 0.333. The molecule has 4 aromatic rings. The summed E-state index contributed by atoms with van der Waals surface area (Å²) in [5.41, 5.74) is 1.20. The smallest absolute Gasteiger partial charge is 0.174 e. The van der Waals surface area contributed by atoms with Gasteiger partial charge in [-0.1, -0.05) is 36.4 Å². The molecule has 1 saturated heterocycles. The van der Waals surface area contributed by atoms with Crippen molar-refractivity contribution in [2.45, 2.75) is 25.9 Å². The number of nitrogens with zero attached hydrogens (tertiary/aromatic N) is 7. The van der Waals surface area contributed by atoms with Gasteiger partial charge in [-0.05, 0) is 54.1 Å². The van der Waals surface area contributed by atoms with Gasteiger partial charge in [-0.2, -0.15) is 0 Å². The number of hydrogen-bond acceptors (Lipinski definition) is 7. The summed E-state index contributed by atoms with van der Waals surface area (Å²) in [7, 11) is 0. The van der Waals surface area contributed by atoms with Crippen molar-refractivity contribution in [2.75, 3.05) is 31.1 Å². The minimum atomic E-state index is 0.0285. The predicted octanol–water partition coefficient (Wildman–Crippen LogP) is 3.96. The molecule has 4 heterocycles. The summed E-state index contributed by atoms with van der Waals surface area (Å²) in [6.07, 6.45) is 1.86. The zero-order valence-electron chi connectivity index (χ0n) is 18.4. The van der Waals surface area contributed by atoms with Crippen LogP contribution in [0.4, 0.5) is 5.82 Å². The van der Waals surface area contributed by atoms with Crippen molar-refractivity contribution in [1.29, 1.82) is 0 Å². The van der Waals surface area contributed by atoms with E-state index in [1.165, 1.54) is 15.3 Å². The highest BCUT2D eigenvalue weighted by Gasteiger charge is 2.33. The van der Waals surface area contributed by atoms with Crippen LogP contribution in [-0.2, 0) is 0 Å². The lowest BCUT2D eigenvalue weighted by Crippen LogP contribution is -2.48. The van der Waals surface area contributed by atoms with E-state index in [0.717, 1.165) is 37.8 Å². The van der Waals surface area contributed by atoms with Crippen LogP contribution >= 0.6 is 11.3 Å². The standard InChI is InChI=1S/C24H27N7S/c1-18-11-12-21(32-18)23(30-16-14-29(15-17-30)22-10-6-7-13-25-22)24-26-27-28-31(24)19(2)20-8-4-3-5-9-20/h3-13,19,23H,14-17H2,1-2H3/t19-,23?/m0/s1. The van der Waals surface area contributed by atoms with Crippen LogP contribution in [0.15, 0.2) is 66.9 Å². The molecule has 164 valence electrons. The van der Waals surface area contributed by atoms with Crippen molar-refractivity contribution < 1.29 is 0 Å². The molecule has 32 heavy (non-hydrogen) atoms. The van der Waals surface area contributed by atoms with Crippen LogP contribution in [0.1, 0.15) is 40.1 Å². The van der Waals surface area contributed by atoms with Crippen LogP contribution in [0.3, 0.4) is 0 Å². The Morgan fingerprint density at radius 2 is 1.69 bits per heavy atom. The molecule has 3 aromatic heterocycles. The highest BCUT2D eigenvalue weighted by Crippen LogP contribution is 2.34. The third-order valence-corrected chi connectivity index (χ3v) is 7.15. The van der Waals surface area contributed by atoms with Crippen molar-refractivity contribution in [3.63, 3.8) is 0 Å². The van der Waals surface area contributed by atoms with Crippen molar-refractivity contribution >= 4 is 17.2 Å². The molecule has 0 spiro atoms. The average molecular weight is 446 g/mol. The summed E-state index contributed by atoms with van der Waals surface area (Å²) in [5, 5.41) is 13.1. The molecular weight excluding hydrogens is 418 g/mol. The predicted molar refractivity (Wildman–Crippen MR) is 127 cm³/mol. The molecule has 0 radical (unpaired) electrons. The minimum Gasteiger partial charge on any atom is -0.354 e. The van der Waals surface area contributed by atoms with Crippen LogP contribution in [0.25, 0.3) is 0 Å². The van der Waals surface area contributed by atoms with Gasteiger partial charge < -0.3 is 4.90 Å². The Hall–Kier alpha value is -3.10. The average Bonchev–Trinajstić information content (AvgIpc) is 3.50. The summed E-state index contributed by atoms with van der Waals surface area (Å²) in [6.45, 7) is 8.00. The number of benzene rings is 1. The topological polar surface area (TPSA) is 63.0 Å². The van der Waals surface area contributed by atoms with Gasteiger partial charge in [-0.25, -0.2) is 9.67 Å². The second-order valence-corrected chi connectivity index (χ2v) is 9.45. The first-order chi connectivity index (χ1) is 15.7. The quantitative estimate of drug-likeness (QED) is 0.448. The lowest BCUT2D eigenvalue weighted by atomic mass is 10.1. The lowest BCUT2D eigenvalue weighted by Gasteiger charge is -2.39. The molecule has 1 aliphatic heterocycles. The van der Waals surface area contributed by atoms with E-state index >= 15 is 0 Å². The first kappa shape index (κ1) is 20.8. The van der Waals surface area contributed by atoms with Gasteiger partial charge in [-0.15, -0.1) is 16.4 Å². The van der Waals surface area contributed by atoms with E-state index in [1.54, 1.807) is 0 Å². The summed E-state index contributed by atoms with van der Waals surface area (Å²) >= 11 is 1.82. The maximum atomic E-state index is 4.54. The van der Waals surface area contributed by atoms with E-state index in [-0.39, 0.29) is 12.1 Å². The maximum absolute atomic E-state index is 4.54. The van der Waals surface area contributed by atoms with Crippen LogP contribution in [0, 0.1) is 6.92 Å². The Bertz CT molecular complexity index is 1130. The number of aromatic nitrogens is 5. The fourth-order valence-electron chi connectivity index (χ4n) is 4.35. The number of anilines is 1. The number of hydrogen-bond donors (Lipinski definition) is 0. The van der Waals surface area contributed by atoms with Crippen LogP contribution in [0.2, 0.25) is 0 Å². The van der Waals surface area contributed by atoms with E-state index in [0.29, 0.717) is 0 Å². The zero-order chi connectivity index (χ0) is 21.9. The highest BCUT2D eigenvalue weighted by atomic mass is 32.1. The Kier molecular flexibility index (Phi) is 5.96. The van der Waals surface area contributed by atoms with Gasteiger partial charge >= 0.3 is 0 Å². The molecule has 8 heteroatoms. The molecule has 0 saturated carbocycles. The molecule has 0 amide bonds. The van der Waals surface area contributed by atoms with E-state index in [1.807, 2.05) is 40.4 Å². The lowest BCUT2D eigenvalue weighted by molar-refractivity contribution is 0.201. The number of aryl methyl sites for hydroxylation is 1. The number of rotatable bonds is 6. The molecule has 1 aliphatic rings. The minimum absolute atomic E-state index is 0.0285. The molecule has 5 rings (SSSR count). The van der Waals surface area contributed by atoms with E-state index < -0.39 is 0 Å². The fourth-order valence-corrected chi connectivity index (χ4v) is 5.36. The largest absolute Gasteiger partial charge is 0.354 e. The highest BCUT2D eigenvalue weighted by molar-refractivity contribution is 7.12. The molecule has 2 atom stereocenters. The molecule has 1 fully saturated rings. The first-order valence-electron chi connectivity index (χ1n) is 11.0. The van der Waals surface area contributed by atoms with E-state index in [2.05, 4.69) is 86.6 Å². The van der Waals surface area contributed by atoms with Gasteiger partial charge in [0.25, 0.3) is 0 Å². The second kappa shape index (κ2) is 9.18. The monoisotopic (exact) mass is 445 g/mol. The molecule has 0 bridgehead atoms. The van der Waals surface area contributed by atoms with Crippen molar-refractivity contribution in [3.8, 4) is 0 Å². The van der Waals surface area contributed by atoms with Crippen molar-refractivity contribution in [2.24, 2.45) is 0 Å². The number of tetrazole rings is 1. The van der Waals surface area contributed by atoms with Gasteiger partial charge in [0, 0.05) is 42.1 Å². The molecule has 0 aliphatic carbocycles. The molecule has 1 aromatic carbocycles. The number of thiophene rings is 1. The summed E-state index contributed by atoms with van der Waals surface area (Å²) in [4.78, 5) is 12.0. The number of pyridine rings is 1. The summed E-state index contributed by atoms with van der Waals surface area (Å²) < 4.78 is 1.99. The van der Waals surface area contributed by atoms with Crippen LogP contribution < -0.4 is 4.90 Å². The summed E-state index contributed by atoms with van der Waals surface area (Å²) in [6, 6.07) is 21.0. The Labute approximate surface area is 192 Å². The summed E-state index contributed by atoms with van der Waals surface area (Å²) in [5.74, 6) is 1.94. The van der Waals surface area contributed by atoms with Crippen LogP contribution in [-0.4, -0.2) is 56.3 Å².